The Labute approximate surface area is 192 Å². The molecule has 0 aromatic heterocycles. The zero-order chi connectivity index (χ0) is 21.9. The molecule has 5 nitrogen and oxygen atoms in total. The van der Waals surface area contributed by atoms with E-state index in [0.29, 0.717) is 11.3 Å². The summed E-state index contributed by atoms with van der Waals surface area (Å²) in [5, 5.41) is 6.15. The van der Waals surface area contributed by atoms with Gasteiger partial charge in [-0.1, -0.05) is 67.4 Å². The Morgan fingerprint density at radius 1 is 0.781 bits per heavy atom. The summed E-state index contributed by atoms with van der Waals surface area (Å²) in [6, 6.07) is 22.9. The SMILES string of the molecule is O=C(NC1CCCCC1)c1ccccc1NC(=O)N1c2ccccc2Sc2ccccc21. The Hall–Kier alpha value is -3.25. The Kier molecular flexibility index (Phi) is 5.86. The van der Waals surface area contributed by atoms with Gasteiger partial charge < -0.3 is 10.6 Å². The lowest BCUT2D eigenvalue weighted by atomic mass is 9.95. The molecule has 1 aliphatic carbocycles. The van der Waals surface area contributed by atoms with E-state index in [0.717, 1.165) is 46.8 Å². The molecule has 0 atom stereocenters. The first-order valence-electron chi connectivity index (χ1n) is 11.1. The number of carbonyl (C=O) groups is 2. The number of anilines is 3. The van der Waals surface area contributed by atoms with Crippen LogP contribution in [0.4, 0.5) is 21.9 Å². The van der Waals surface area contributed by atoms with Crippen molar-refractivity contribution in [2.75, 3.05) is 10.2 Å². The molecule has 5 rings (SSSR count). The van der Waals surface area contributed by atoms with Gasteiger partial charge in [-0.15, -0.1) is 0 Å². The predicted octanol–water partition coefficient (Wildman–Crippen LogP) is 6.58. The van der Waals surface area contributed by atoms with Crippen LogP contribution in [0.25, 0.3) is 0 Å². The van der Waals surface area contributed by atoms with E-state index in [9.17, 15) is 9.59 Å². The lowest BCUT2D eigenvalue weighted by molar-refractivity contribution is 0.0928. The van der Waals surface area contributed by atoms with Crippen LogP contribution in [0, 0.1) is 0 Å². The monoisotopic (exact) mass is 443 g/mol. The second-order valence-corrected chi connectivity index (χ2v) is 9.24. The van der Waals surface area contributed by atoms with Crippen molar-refractivity contribution in [3.63, 3.8) is 0 Å². The van der Waals surface area contributed by atoms with Crippen LogP contribution in [0.1, 0.15) is 42.5 Å². The number of hydrogen-bond acceptors (Lipinski definition) is 3. The molecule has 162 valence electrons. The summed E-state index contributed by atoms with van der Waals surface area (Å²) in [4.78, 5) is 30.3. The molecule has 1 aliphatic heterocycles. The van der Waals surface area contributed by atoms with Crippen molar-refractivity contribution in [2.45, 2.75) is 47.9 Å². The number of rotatable bonds is 3. The van der Waals surface area contributed by atoms with E-state index in [2.05, 4.69) is 10.6 Å². The molecule has 6 heteroatoms. The fourth-order valence-electron chi connectivity index (χ4n) is 4.39. The molecule has 3 aromatic rings. The van der Waals surface area contributed by atoms with E-state index < -0.39 is 0 Å². The lowest BCUT2D eigenvalue weighted by Gasteiger charge is -2.31. The van der Waals surface area contributed by atoms with Gasteiger partial charge in [0.15, 0.2) is 0 Å². The highest BCUT2D eigenvalue weighted by atomic mass is 32.2. The number of fused-ring (bicyclic) bond motifs is 2. The number of para-hydroxylation sites is 3. The molecule has 0 saturated heterocycles. The molecule has 1 heterocycles. The largest absolute Gasteiger partial charge is 0.349 e. The molecule has 0 unspecified atom stereocenters. The van der Waals surface area contributed by atoms with Gasteiger partial charge in [0.05, 0.1) is 22.6 Å². The average Bonchev–Trinajstić information content (AvgIpc) is 2.83. The Balaban J connectivity index is 1.42. The molecule has 1 saturated carbocycles. The summed E-state index contributed by atoms with van der Waals surface area (Å²) in [6.07, 6.45) is 5.55. The maximum absolute atomic E-state index is 13.5. The third-order valence-electron chi connectivity index (χ3n) is 5.99. The van der Waals surface area contributed by atoms with Crippen LogP contribution in [0.5, 0.6) is 0 Å². The molecule has 3 amide bonds. The molecule has 2 aliphatic rings. The maximum atomic E-state index is 13.5. The van der Waals surface area contributed by atoms with Gasteiger partial charge >= 0.3 is 6.03 Å². The summed E-state index contributed by atoms with van der Waals surface area (Å²) in [7, 11) is 0. The third-order valence-corrected chi connectivity index (χ3v) is 7.12. The molecule has 0 spiro atoms. The van der Waals surface area contributed by atoms with E-state index in [1.54, 1.807) is 28.8 Å². The zero-order valence-corrected chi connectivity index (χ0v) is 18.5. The van der Waals surface area contributed by atoms with Crippen LogP contribution >= 0.6 is 11.8 Å². The van der Waals surface area contributed by atoms with Crippen molar-refractivity contribution in [2.24, 2.45) is 0 Å². The fraction of sp³-hybridized carbons (Fsp3) is 0.231. The second kappa shape index (κ2) is 9.09. The molecular weight excluding hydrogens is 418 g/mol. The minimum atomic E-state index is -0.289. The van der Waals surface area contributed by atoms with Crippen LogP contribution in [0.3, 0.4) is 0 Å². The lowest BCUT2D eigenvalue weighted by Crippen LogP contribution is -2.37. The standard InChI is InChI=1S/C26H25N3O2S/c30-25(27-18-10-2-1-3-11-18)19-12-4-5-13-20(19)28-26(31)29-21-14-6-8-16-23(21)32-24-17-9-7-15-22(24)29/h4-9,12-18H,1-3,10-11H2,(H,27,30)(H,28,31). The van der Waals surface area contributed by atoms with Crippen molar-refractivity contribution in [3.8, 4) is 0 Å². The summed E-state index contributed by atoms with van der Waals surface area (Å²) in [5.41, 5.74) is 2.66. The summed E-state index contributed by atoms with van der Waals surface area (Å²) in [6.45, 7) is 0. The van der Waals surface area contributed by atoms with E-state index >= 15 is 0 Å². The minimum Gasteiger partial charge on any atom is -0.349 e. The maximum Gasteiger partial charge on any atom is 0.331 e. The van der Waals surface area contributed by atoms with Crippen molar-refractivity contribution < 1.29 is 9.59 Å². The quantitative estimate of drug-likeness (QED) is 0.480. The smallest absolute Gasteiger partial charge is 0.331 e. The van der Waals surface area contributed by atoms with E-state index in [1.165, 1.54) is 6.42 Å². The number of carbonyl (C=O) groups excluding carboxylic acids is 2. The Morgan fingerprint density at radius 2 is 1.38 bits per heavy atom. The topological polar surface area (TPSA) is 61.4 Å². The van der Waals surface area contributed by atoms with Gasteiger partial charge in [0.2, 0.25) is 0 Å². The highest BCUT2D eigenvalue weighted by Crippen LogP contribution is 2.48. The first kappa shape index (κ1) is 20.6. The van der Waals surface area contributed by atoms with Gasteiger partial charge in [0, 0.05) is 15.8 Å². The van der Waals surface area contributed by atoms with Crippen molar-refractivity contribution in [3.05, 3.63) is 78.4 Å². The summed E-state index contributed by atoms with van der Waals surface area (Å²) in [5.74, 6) is -0.136. The van der Waals surface area contributed by atoms with Gasteiger partial charge in [-0.2, -0.15) is 0 Å². The molecular formula is C26H25N3O2S. The van der Waals surface area contributed by atoms with Crippen molar-refractivity contribution in [1.82, 2.24) is 5.32 Å². The highest BCUT2D eigenvalue weighted by molar-refractivity contribution is 7.99. The van der Waals surface area contributed by atoms with Crippen LogP contribution in [-0.2, 0) is 0 Å². The van der Waals surface area contributed by atoms with E-state index in [1.807, 2.05) is 60.7 Å². The minimum absolute atomic E-state index is 0.136. The molecule has 32 heavy (non-hydrogen) atoms. The molecule has 3 aromatic carbocycles. The van der Waals surface area contributed by atoms with Gasteiger partial charge in [0.25, 0.3) is 5.91 Å². The summed E-state index contributed by atoms with van der Waals surface area (Å²) < 4.78 is 0. The molecule has 0 bridgehead atoms. The molecule has 2 N–H and O–H groups in total. The van der Waals surface area contributed by atoms with E-state index in [4.69, 9.17) is 0 Å². The Bertz CT molecular complexity index is 1110. The van der Waals surface area contributed by atoms with Crippen LogP contribution in [0.2, 0.25) is 0 Å². The number of hydrogen-bond donors (Lipinski definition) is 2. The van der Waals surface area contributed by atoms with Crippen LogP contribution in [0.15, 0.2) is 82.6 Å². The fourth-order valence-corrected chi connectivity index (χ4v) is 5.45. The second-order valence-electron chi connectivity index (χ2n) is 8.16. The number of amides is 3. The van der Waals surface area contributed by atoms with E-state index in [-0.39, 0.29) is 18.0 Å². The Morgan fingerprint density at radius 3 is 2.06 bits per heavy atom. The van der Waals surface area contributed by atoms with Gasteiger partial charge in [-0.25, -0.2) is 4.79 Å². The van der Waals surface area contributed by atoms with Gasteiger partial charge in [0.1, 0.15) is 0 Å². The van der Waals surface area contributed by atoms with Crippen LogP contribution in [-0.4, -0.2) is 18.0 Å². The average molecular weight is 444 g/mol. The van der Waals surface area contributed by atoms with Gasteiger partial charge in [-0.3, -0.25) is 9.69 Å². The first-order chi connectivity index (χ1) is 15.7. The highest BCUT2D eigenvalue weighted by Gasteiger charge is 2.29. The predicted molar refractivity (Wildman–Crippen MR) is 129 cm³/mol. The molecule has 1 fully saturated rings. The third kappa shape index (κ3) is 4.10. The van der Waals surface area contributed by atoms with Crippen molar-refractivity contribution >= 4 is 40.8 Å². The zero-order valence-electron chi connectivity index (χ0n) is 17.7. The number of benzene rings is 3. The number of nitrogens with one attached hydrogen (secondary N) is 2. The van der Waals surface area contributed by atoms with Crippen molar-refractivity contribution in [1.29, 1.82) is 0 Å². The first-order valence-corrected chi connectivity index (χ1v) is 11.9. The van der Waals surface area contributed by atoms with Crippen LogP contribution < -0.4 is 15.5 Å². The number of nitrogens with zero attached hydrogens (tertiary/aromatic N) is 1. The molecule has 0 radical (unpaired) electrons. The normalized spacial score (nSPS) is 15.4. The summed E-state index contributed by atoms with van der Waals surface area (Å²) >= 11 is 1.65. The number of urea groups is 1. The van der Waals surface area contributed by atoms with Gasteiger partial charge in [-0.05, 0) is 49.2 Å².